The van der Waals surface area contributed by atoms with Gasteiger partial charge in [-0.1, -0.05) is 41.9 Å². The van der Waals surface area contributed by atoms with Crippen LogP contribution >= 0.6 is 11.6 Å². The first-order chi connectivity index (χ1) is 15.5. The van der Waals surface area contributed by atoms with Crippen molar-refractivity contribution >= 4 is 40.4 Å². The summed E-state index contributed by atoms with van der Waals surface area (Å²) >= 11 is 6.32. The number of nitrogens with one attached hydrogen (secondary N) is 1. The van der Waals surface area contributed by atoms with Gasteiger partial charge in [-0.2, -0.15) is 0 Å². The molecule has 3 aromatic carbocycles. The third-order valence-corrected chi connectivity index (χ3v) is 5.31. The van der Waals surface area contributed by atoms with Crippen LogP contribution in [0.2, 0.25) is 5.02 Å². The Morgan fingerprint density at radius 2 is 1.59 bits per heavy atom. The number of anilines is 2. The van der Waals surface area contributed by atoms with Gasteiger partial charge in [0, 0.05) is 11.3 Å². The van der Waals surface area contributed by atoms with Crippen LogP contribution < -0.4 is 19.7 Å². The Morgan fingerprint density at radius 3 is 2.28 bits per heavy atom. The number of benzene rings is 3. The van der Waals surface area contributed by atoms with Crippen LogP contribution in [0.4, 0.5) is 11.4 Å². The summed E-state index contributed by atoms with van der Waals surface area (Å²) in [4.78, 5) is 28.1. The van der Waals surface area contributed by atoms with Gasteiger partial charge in [0.1, 0.15) is 17.2 Å². The molecule has 0 aromatic heterocycles. The molecule has 0 bridgehead atoms. The molecule has 1 heterocycles. The number of ether oxygens (including phenoxy) is 2. The van der Waals surface area contributed by atoms with Crippen LogP contribution in [0, 0.1) is 0 Å². The second kappa shape index (κ2) is 9.16. The van der Waals surface area contributed by atoms with E-state index in [1.165, 1.54) is 7.11 Å². The highest BCUT2D eigenvalue weighted by Gasteiger charge is 2.41. The molecule has 0 saturated carbocycles. The summed E-state index contributed by atoms with van der Waals surface area (Å²) in [6, 6.07) is 21.0. The average molecular weight is 449 g/mol. The van der Waals surface area contributed by atoms with E-state index in [9.17, 15) is 9.59 Å². The largest absolute Gasteiger partial charge is 0.496 e. The number of methoxy groups -OCH3 is 1. The van der Waals surface area contributed by atoms with Crippen molar-refractivity contribution in [1.82, 2.24) is 0 Å². The van der Waals surface area contributed by atoms with Crippen molar-refractivity contribution in [1.29, 1.82) is 0 Å². The fourth-order valence-corrected chi connectivity index (χ4v) is 3.76. The van der Waals surface area contributed by atoms with Gasteiger partial charge in [0.25, 0.3) is 11.8 Å². The van der Waals surface area contributed by atoms with E-state index in [1.54, 1.807) is 72.8 Å². The fourth-order valence-electron chi connectivity index (χ4n) is 3.54. The number of hydrogen-bond acceptors (Lipinski definition) is 5. The van der Waals surface area contributed by atoms with E-state index in [-0.39, 0.29) is 11.3 Å². The second-order valence-corrected chi connectivity index (χ2v) is 7.34. The first kappa shape index (κ1) is 21.5. The molecule has 4 rings (SSSR count). The SMILES string of the molecule is CCOc1ccc(NC2=C(c3ccccc3OC)C(=O)N(c3ccccc3Cl)C2=O)cc1. The third-order valence-electron chi connectivity index (χ3n) is 4.99. The Kier molecular flexibility index (Phi) is 6.14. The molecule has 6 nitrogen and oxygen atoms in total. The lowest BCUT2D eigenvalue weighted by Crippen LogP contribution is -2.32. The number of para-hydroxylation sites is 2. The molecule has 7 heteroatoms. The number of halogens is 1. The molecule has 0 fully saturated rings. The summed E-state index contributed by atoms with van der Waals surface area (Å²) in [7, 11) is 1.52. The molecule has 0 radical (unpaired) electrons. The van der Waals surface area contributed by atoms with Gasteiger partial charge in [-0.05, 0) is 49.4 Å². The van der Waals surface area contributed by atoms with E-state index >= 15 is 0 Å². The van der Waals surface area contributed by atoms with E-state index in [0.29, 0.717) is 40.1 Å². The zero-order chi connectivity index (χ0) is 22.7. The van der Waals surface area contributed by atoms with Gasteiger partial charge in [0.05, 0.1) is 30.0 Å². The predicted octanol–water partition coefficient (Wildman–Crippen LogP) is 5.14. The minimum atomic E-state index is -0.502. The van der Waals surface area contributed by atoms with Gasteiger partial charge in [-0.15, -0.1) is 0 Å². The monoisotopic (exact) mass is 448 g/mol. The fraction of sp³-hybridized carbons (Fsp3) is 0.120. The highest BCUT2D eigenvalue weighted by atomic mass is 35.5. The van der Waals surface area contributed by atoms with Crippen molar-refractivity contribution in [2.45, 2.75) is 6.92 Å². The minimum absolute atomic E-state index is 0.142. The van der Waals surface area contributed by atoms with E-state index < -0.39 is 11.8 Å². The summed E-state index contributed by atoms with van der Waals surface area (Å²) < 4.78 is 10.9. The van der Waals surface area contributed by atoms with E-state index in [0.717, 1.165) is 4.90 Å². The predicted molar refractivity (Wildman–Crippen MR) is 125 cm³/mol. The summed E-state index contributed by atoms with van der Waals surface area (Å²) in [5, 5.41) is 3.42. The quantitative estimate of drug-likeness (QED) is 0.506. The molecular weight excluding hydrogens is 428 g/mol. The summed E-state index contributed by atoms with van der Waals surface area (Å²) in [5.41, 5.74) is 1.82. The number of nitrogens with zero attached hydrogens (tertiary/aromatic N) is 1. The van der Waals surface area contributed by atoms with Gasteiger partial charge in [0.15, 0.2) is 0 Å². The van der Waals surface area contributed by atoms with Crippen LogP contribution in [0.5, 0.6) is 11.5 Å². The topological polar surface area (TPSA) is 67.9 Å². The van der Waals surface area contributed by atoms with Crippen LogP contribution in [0.1, 0.15) is 12.5 Å². The van der Waals surface area contributed by atoms with E-state index in [2.05, 4.69) is 5.32 Å². The summed E-state index contributed by atoms with van der Waals surface area (Å²) in [6.07, 6.45) is 0. The van der Waals surface area contributed by atoms with E-state index in [4.69, 9.17) is 21.1 Å². The average Bonchev–Trinajstić information content (AvgIpc) is 3.05. The Balaban J connectivity index is 1.82. The molecule has 1 aliphatic rings. The molecule has 32 heavy (non-hydrogen) atoms. The van der Waals surface area contributed by atoms with Crippen molar-refractivity contribution in [2.24, 2.45) is 0 Å². The zero-order valence-electron chi connectivity index (χ0n) is 17.6. The Hall–Kier alpha value is -3.77. The van der Waals surface area contributed by atoms with Gasteiger partial charge < -0.3 is 14.8 Å². The highest BCUT2D eigenvalue weighted by Crippen LogP contribution is 2.39. The standard InChI is InChI=1S/C25H21ClN2O4/c1-3-32-17-14-12-16(13-15-17)27-23-22(18-8-4-7-11-21(18)31-2)24(29)28(25(23)30)20-10-6-5-9-19(20)26/h4-15,27H,3H2,1-2H3. The van der Waals surface area contributed by atoms with Crippen LogP contribution in [-0.4, -0.2) is 25.5 Å². The Labute approximate surface area is 191 Å². The van der Waals surface area contributed by atoms with Crippen LogP contribution in [-0.2, 0) is 9.59 Å². The molecule has 0 atom stereocenters. The molecule has 1 N–H and O–H groups in total. The molecule has 2 amide bonds. The Morgan fingerprint density at radius 1 is 0.906 bits per heavy atom. The molecule has 0 saturated heterocycles. The lowest BCUT2D eigenvalue weighted by atomic mass is 10.0. The summed E-state index contributed by atoms with van der Waals surface area (Å²) in [6.45, 7) is 2.46. The first-order valence-electron chi connectivity index (χ1n) is 10.1. The maximum Gasteiger partial charge on any atom is 0.282 e. The van der Waals surface area contributed by atoms with Gasteiger partial charge in [-0.25, -0.2) is 4.90 Å². The molecular formula is C25H21ClN2O4. The molecule has 0 unspecified atom stereocenters. The van der Waals surface area contributed by atoms with Crippen LogP contribution in [0.15, 0.2) is 78.5 Å². The third kappa shape index (κ3) is 3.92. The maximum atomic E-state index is 13.6. The number of rotatable bonds is 7. The number of amides is 2. The van der Waals surface area contributed by atoms with Gasteiger partial charge in [0.2, 0.25) is 0 Å². The highest BCUT2D eigenvalue weighted by molar-refractivity contribution is 6.48. The molecule has 3 aromatic rings. The second-order valence-electron chi connectivity index (χ2n) is 6.93. The Bertz CT molecular complexity index is 1200. The first-order valence-corrected chi connectivity index (χ1v) is 10.4. The number of carbonyl (C=O) groups is 2. The molecule has 1 aliphatic heterocycles. The lowest BCUT2D eigenvalue weighted by molar-refractivity contribution is -0.120. The molecule has 0 aliphatic carbocycles. The normalized spacial score (nSPS) is 13.5. The van der Waals surface area contributed by atoms with Gasteiger partial charge >= 0.3 is 0 Å². The number of carbonyl (C=O) groups excluding carboxylic acids is 2. The molecule has 162 valence electrons. The smallest absolute Gasteiger partial charge is 0.282 e. The maximum absolute atomic E-state index is 13.6. The van der Waals surface area contributed by atoms with Gasteiger partial charge in [-0.3, -0.25) is 9.59 Å². The van der Waals surface area contributed by atoms with Crippen molar-refractivity contribution in [3.63, 3.8) is 0 Å². The summed E-state index contributed by atoms with van der Waals surface area (Å²) in [5.74, 6) is 0.207. The zero-order valence-corrected chi connectivity index (χ0v) is 18.3. The molecule has 0 spiro atoms. The van der Waals surface area contributed by atoms with Crippen molar-refractivity contribution in [3.8, 4) is 11.5 Å². The number of imide groups is 1. The minimum Gasteiger partial charge on any atom is -0.496 e. The van der Waals surface area contributed by atoms with E-state index in [1.807, 2.05) is 6.92 Å². The lowest BCUT2D eigenvalue weighted by Gasteiger charge is -2.17. The van der Waals surface area contributed by atoms with Crippen molar-refractivity contribution in [3.05, 3.63) is 89.1 Å². The van der Waals surface area contributed by atoms with Crippen molar-refractivity contribution < 1.29 is 19.1 Å². The van der Waals surface area contributed by atoms with Crippen LogP contribution in [0.25, 0.3) is 5.57 Å². The van der Waals surface area contributed by atoms with Crippen LogP contribution in [0.3, 0.4) is 0 Å². The number of hydrogen-bond donors (Lipinski definition) is 1. The van der Waals surface area contributed by atoms with Crippen molar-refractivity contribution in [2.75, 3.05) is 23.9 Å².